The summed E-state index contributed by atoms with van der Waals surface area (Å²) in [6.45, 7) is 0. The normalized spacial score (nSPS) is 10.4. The van der Waals surface area contributed by atoms with E-state index in [0.717, 1.165) is 0 Å². The van der Waals surface area contributed by atoms with Crippen molar-refractivity contribution >= 4 is 40.9 Å². The van der Waals surface area contributed by atoms with Crippen molar-refractivity contribution in [2.45, 2.75) is 5.16 Å². The van der Waals surface area contributed by atoms with Crippen LogP contribution in [0.2, 0.25) is 5.02 Å². The quantitative estimate of drug-likeness (QED) is 0.834. The molecular formula is C13H11ClN3O3S-. The van der Waals surface area contributed by atoms with Crippen LogP contribution in [-0.4, -0.2) is 27.2 Å². The van der Waals surface area contributed by atoms with Gasteiger partial charge in [-0.05, 0) is 17.7 Å². The summed E-state index contributed by atoms with van der Waals surface area (Å²) in [5.41, 5.74) is 0.190. The summed E-state index contributed by atoms with van der Waals surface area (Å²) in [7, 11) is 1.83. The zero-order valence-corrected chi connectivity index (χ0v) is 12.6. The number of thioether (sulfide) groups is 1. The molecule has 0 unspecified atom stereocenters. The van der Waals surface area contributed by atoms with Crippen LogP contribution >= 0.6 is 23.4 Å². The lowest BCUT2D eigenvalue weighted by atomic mass is 10.2. The number of carbonyl (C=O) groups excluding carboxylic acids is 2. The molecule has 1 amide bonds. The molecule has 0 saturated carbocycles. The number of nitrogens with one attached hydrogen (secondary N) is 1. The van der Waals surface area contributed by atoms with Crippen molar-refractivity contribution in [3.63, 3.8) is 0 Å². The maximum Gasteiger partial charge on any atom is 0.234 e. The van der Waals surface area contributed by atoms with E-state index in [9.17, 15) is 14.7 Å². The molecule has 1 heterocycles. The Morgan fingerprint density at radius 3 is 2.86 bits per heavy atom. The molecule has 8 heteroatoms. The summed E-state index contributed by atoms with van der Waals surface area (Å²) in [5, 5.41) is 14.3. The van der Waals surface area contributed by atoms with Gasteiger partial charge in [0.2, 0.25) is 5.91 Å². The lowest BCUT2D eigenvalue weighted by molar-refractivity contribution is -0.255. The average molecular weight is 325 g/mol. The van der Waals surface area contributed by atoms with Crippen LogP contribution in [0, 0.1) is 0 Å². The van der Waals surface area contributed by atoms with Crippen LogP contribution in [0.1, 0.15) is 10.4 Å². The number of amides is 1. The third-order valence-corrected chi connectivity index (χ3v) is 3.97. The summed E-state index contributed by atoms with van der Waals surface area (Å²) < 4.78 is 1.79. The zero-order valence-electron chi connectivity index (χ0n) is 11.0. The Kier molecular flexibility index (Phi) is 4.87. The average Bonchev–Trinajstić information content (AvgIpc) is 2.84. The molecular weight excluding hydrogens is 314 g/mol. The largest absolute Gasteiger partial charge is 0.545 e. The van der Waals surface area contributed by atoms with Gasteiger partial charge in [-0.1, -0.05) is 29.4 Å². The molecule has 0 aliphatic heterocycles. The highest BCUT2D eigenvalue weighted by atomic mass is 35.5. The van der Waals surface area contributed by atoms with Crippen molar-refractivity contribution in [2.75, 3.05) is 11.1 Å². The van der Waals surface area contributed by atoms with Crippen molar-refractivity contribution < 1.29 is 14.7 Å². The van der Waals surface area contributed by atoms with Gasteiger partial charge in [-0.15, -0.1) is 0 Å². The highest BCUT2D eigenvalue weighted by Crippen LogP contribution is 2.23. The molecule has 0 fully saturated rings. The second-order valence-corrected chi connectivity index (χ2v) is 5.49. The van der Waals surface area contributed by atoms with Crippen molar-refractivity contribution in [2.24, 2.45) is 7.05 Å². The van der Waals surface area contributed by atoms with Gasteiger partial charge in [-0.2, -0.15) is 0 Å². The fraction of sp³-hybridized carbons (Fsp3) is 0.154. The van der Waals surface area contributed by atoms with E-state index in [2.05, 4.69) is 10.3 Å². The molecule has 1 aromatic carbocycles. The highest BCUT2D eigenvalue weighted by molar-refractivity contribution is 7.99. The van der Waals surface area contributed by atoms with Crippen LogP contribution in [0.15, 0.2) is 35.7 Å². The summed E-state index contributed by atoms with van der Waals surface area (Å²) in [4.78, 5) is 26.7. The monoisotopic (exact) mass is 324 g/mol. The number of carboxylic acid groups (broad SMARTS) is 1. The number of anilines is 1. The molecule has 110 valence electrons. The minimum absolute atomic E-state index is 0.0496. The maximum absolute atomic E-state index is 11.9. The third kappa shape index (κ3) is 3.99. The van der Waals surface area contributed by atoms with Crippen molar-refractivity contribution in [3.05, 3.63) is 41.2 Å². The second kappa shape index (κ2) is 6.64. The molecule has 0 atom stereocenters. The second-order valence-electron chi connectivity index (χ2n) is 4.14. The summed E-state index contributed by atoms with van der Waals surface area (Å²) in [6, 6.07) is 3.98. The maximum atomic E-state index is 11.9. The van der Waals surface area contributed by atoms with Crippen LogP contribution in [0.4, 0.5) is 5.69 Å². The van der Waals surface area contributed by atoms with E-state index in [-0.39, 0.29) is 27.9 Å². The molecule has 0 aliphatic carbocycles. The van der Waals surface area contributed by atoms with Crippen LogP contribution in [-0.2, 0) is 11.8 Å². The number of aryl methyl sites for hydroxylation is 1. The van der Waals surface area contributed by atoms with Gasteiger partial charge in [0.05, 0.1) is 22.4 Å². The first-order valence-electron chi connectivity index (χ1n) is 5.88. The Morgan fingerprint density at radius 1 is 1.48 bits per heavy atom. The number of carbonyl (C=O) groups is 2. The number of rotatable bonds is 5. The fourth-order valence-corrected chi connectivity index (χ4v) is 2.45. The molecule has 0 spiro atoms. The fourth-order valence-electron chi connectivity index (χ4n) is 1.56. The first-order chi connectivity index (χ1) is 9.97. The Balaban J connectivity index is 2.01. The van der Waals surface area contributed by atoms with Gasteiger partial charge in [-0.25, -0.2) is 4.98 Å². The molecule has 0 aliphatic rings. The van der Waals surface area contributed by atoms with Gasteiger partial charge in [0, 0.05) is 19.4 Å². The molecule has 2 rings (SSSR count). The molecule has 1 N–H and O–H groups in total. The first-order valence-corrected chi connectivity index (χ1v) is 7.24. The van der Waals surface area contributed by atoms with E-state index in [1.54, 1.807) is 17.0 Å². The number of imidazole rings is 1. The summed E-state index contributed by atoms with van der Waals surface area (Å²) in [6.07, 6.45) is 3.42. The van der Waals surface area contributed by atoms with Gasteiger partial charge in [0.15, 0.2) is 5.16 Å². The number of hydrogen-bond acceptors (Lipinski definition) is 5. The Labute approximate surface area is 130 Å². The number of hydrogen-bond donors (Lipinski definition) is 1. The number of nitrogens with zero attached hydrogens (tertiary/aromatic N) is 2. The van der Waals surface area contributed by atoms with Gasteiger partial charge in [0.1, 0.15) is 0 Å². The van der Waals surface area contributed by atoms with Crippen LogP contribution in [0.25, 0.3) is 0 Å². The van der Waals surface area contributed by atoms with E-state index in [1.807, 2.05) is 7.05 Å². The predicted octanol–water partition coefficient (Wildman–Crippen LogP) is 1.17. The number of aromatic nitrogens is 2. The third-order valence-electron chi connectivity index (χ3n) is 2.59. The van der Waals surface area contributed by atoms with Crippen molar-refractivity contribution in [1.29, 1.82) is 0 Å². The number of aromatic carboxylic acids is 1. The minimum Gasteiger partial charge on any atom is -0.545 e. The SMILES string of the molecule is Cn1ccnc1SCC(=O)Nc1cc(C(=O)[O-])ccc1Cl. The van der Waals surface area contributed by atoms with Crippen molar-refractivity contribution in [3.8, 4) is 0 Å². The van der Waals surface area contributed by atoms with E-state index in [1.165, 1.54) is 30.0 Å². The molecule has 0 bridgehead atoms. The van der Waals surface area contributed by atoms with Crippen LogP contribution in [0.5, 0.6) is 0 Å². The van der Waals surface area contributed by atoms with Crippen molar-refractivity contribution in [1.82, 2.24) is 9.55 Å². The van der Waals surface area contributed by atoms with E-state index in [4.69, 9.17) is 11.6 Å². The molecule has 0 radical (unpaired) electrons. The lowest BCUT2D eigenvalue weighted by Gasteiger charge is -2.10. The lowest BCUT2D eigenvalue weighted by Crippen LogP contribution is -2.22. The van der Waals surface area contributed by atoms with Crippen LogP contribution in [0.3, 0.4) is 0 Å². The summed E-state index contributed by atoms with van der Waals surface area (Å²) >= 11 is 7.18. The Bertz CT molecular complexity index is 687. The molecule has 6 nitrogen and oxygen atoms in total. The number of carboxylic acids is 1. The zero-order chi connectivity index (χ0) is 15.4. The molecule has 0 saturated heterocycles. The highest BCUT2D eigenvalue weighted by Gasteiger charge is 2.09. The smallest absolute Gasteiger partial charge is 0.234 e. The van der Waals surface area contributed by atoms with Gasteiger partial charge < -0.3 is 19.8 Å². The summed E-state index contributed by atoms with van der Waals surface area (Å²) in [5.74, 6) is -1.50. The van der Waals surface area contributed by atoms with E-state index < -0.39 is 5.97 Å². The first kappa shape index (κ1) is 15.4. The molecule has 21 heavy (non-hydrogen) atoms. The van der Waals surface area contributed by atoms with E-state index >= 15 is 0 Å². The van der Waals surface area contributed by atoms with Gasteiger partial charge in [0.25, 0.3) is 0 Å². The van der Waals surface area contributed by atoms with E-state index in [0.29, 0.717) is 5.16 Å². The molecule has 2 aromatic rings. The topological polar surface area (TPSA) is 87.0 Å². The minimum atomic E-state index is -1.33. The van der Waals surface area contributed by atoms with Gasteiger partial charge >= 0.3 is 0 Å². The number of halogens is 1. The van der Waals surface area contributed by atoms with Crippen LogP contribution < -0.4 is 10.4 Å². The van der Waals surface area contributed by atoms with Gasteiger partial charge in [-0.3, -0.25) is 4.79 Å². The standard InChI is InChI=1S/C13H12ClN3O3S/c1-17-5-4-15-13(17)21-7-11(18)16-10-6-8(12(19)20)2-3-9(10)14/h2-6H,7H2,1H3,(H,16,18)(H,19,20)/p-1. The Hall–Kier alpha value is -1.99. The number of benzene rings is 1. The molecule has 1 aromatic heterocycles. The Morgan fingerprint density at radius 2 is 2.24 bits per heavy atom. The predicted molar refractivity (Wildman–Crippen MR) is 78.3 cm³/mol.